The van der Waals surface area contributed by atoms with Crippen molar-refractivity contribution in [2.75, 3.05) is 52.1 Å². The Balaban J connectivity index is 1.10. The third kappa shape index (κ3) is 4.52. The minimum absolute atomic E-state index is 0.0613. The molecule has 1 aliphatic heterocycles. The van der Waals surface area contributed by atoms with Gasteiger partial charge in [-0.25, -0.2) is 0 Å². The topological polar surface area (TPSA) is 73.0 Å². The Morgan fingerprint density at radius 1 is 0.909 bits per heavy atom. The number of benzene rings is 1. The zero-order valence-electron chi connectivity index (χ0n) is 19.9. The van der Waals surface area contributed by atoms with Gasteiger partial charge in [0.15, 0.2) is 0 Å². The van der Waals surface area contributed by atoms with Gasteiger partial charge in [0.05, 0.1) is 12.0 Å². The lowest BCUT2D eigenvalue weighted by atomic mass is 9.49. The van der Waals surface area contributed by atoms with E-state index in [0.29, 0.717) is 23.7 Å². The van der Waals surface area contributed by atoms with Crippen molar-refractivity contribution in [3.8, 4) is 0 Å². The van der Waals surface area contributed by atoms with Crippen LogP contribution in [0.3, 0.4) is 0 Å². The van der Waals surface area contributed by atoms with Crippen molar-refractivity contribution in [1.29, 1.82) is 0 Å². The molecule has 7 heteroatoms. The second kappa shape index (κ2) is 8.75. The zero-order chi connectivity index (χ0) is 23.2. The summed E-state index contributed by atoms with van der Waals surface area (Å²) >= 11 is 0. The first-order valence-electron chi connectivity index (χ1n) is 12.4. The van der Waals surface area contributed by atoms with Gasteiger partial charge in [-0.3, -0.25) is 19.3 Å². The number of nitrogens with one attached hydrogen (secondary N) is 1. The summed E-state index contributed by atoms with van der Waals surface area (Å²) in [5.41, 5.74) is 1.21. The van der Waals surface area contributed by atoms with Crippen molar-refractivity contribution >= 4 is 23.4 Å². The molecule has 1 N–H and O–H groups in total. The van der Waals surface area contributed by atoms with Gasteiger partial charge in [0, 0.05) is 51.5 Å². The molecule has 3 amide bonds. The predicted molar refractivity (Wildman–Crippen MR) is 127 cm³/mol. The molecule has 0 atom stereocenters. The van der Waals surface area contributed by atoms with Crippen LogP contribution in [0, 0.1) is 23.2 Å². The molecule has 1 heterocycles. The first-order valence-corrected chi connectivity index (χ1v) is 12.4. The van der Waals surface area contributed by atoms with Gasteiger partial charge in [-0.2, -0.15) is 0 Å². The van der Waals surface area contributed by atoms with Crippen molar-refractivity contribution in [3.05, 3.63) is 29.8 Å². The highest BCUT2D eigenvalue weighted by Gasteiger charge is 2.55. The van der Waals surface area contributed by atoms with E-state index in [1.165, 1.54) is 24.2 Å². The molecule has 1 aromatic rings. The van der Waals surface area contributed by atoms with Crippen LogP contribution in [0.4, 0.5) is 5.69 Å². The van der Waals surface area contributed by atoms with E-state index < -0.39 is 0 Å². The van der Waals surface area contributed by atoms with E-state index in [1.807, 2.05) is 0 Å². The molecule has 5 fully saturated rings. The number of anilines is 1. The maximum Gasteiger partial charge on any atom is 0.253 e. The Bertz CT molecular complexity index is 883. The van der Waals surface area contributed by atoms with Crippen LogP contribution in [0.1, 0.15) is 48.9 Å². The first-order chi connectivity index (χ1) is 15.8. The van der Waals surface area contributed by atoms with E-state index in [-0.39, 0.29) is 17.2 Å². The monoisotopic (exact) mass is 452 g/mol. The number of rotatable bonds is 5. The molecule has 1 aromatic carbocycles. The molecule has 4 bridgehead atoms. The summed E-state index contributed by atoms with van der Waals surface area (Å²) in [4.78, 5) is 43.8. The minimum atomic E-state index is -0.0750. The lowest BCUT2D eigenvalue weighted by molar-refractivity contribution is -0.159. The smallest absolute Gasteiger partial charge is 0.253 e. The van der Waals surface area contributed by atoms with E-state index in [9.17, 15) is 14.4 Å². The number of hydrogen-bond donors (Lipinski definition) is 1. The fourth-order valence-corrected chi connectivity index (χ4v) is 7.18. The summed E-state index contributed by atoms with van der Waals surface area (Å²) in [5, 5.41) is 2.92. The molecular formula is C26H36N4O3. The van der Waals surface area contributed by atoms with Crippen molar-refractivity contribution in [3.63, 3.8) is 0 Å². The molecule has 178 valence electrons. The Kier molecular flexibility index (Phi) is 5.93. The van der Waals surface area contributed by atoms with Crippen LogP contribution < -0.4 is 5.32 Å². The largest absolute Gasteiger partial charge is 0.345 e. The van der Waals surface area contributed by atoms with Gasteiger partial charge in [0.1, 0.15) is 0 Å². The molecule has 33 heavy (non-hydrogen) atoms. The van der Waals surface area contributed by atoms with Crippen LogP contribution in [0.15, 0.2) is 24.3 Å². The minimum Gasteiger partial charge on any atom is -0.345 e. The second-order valence-electron chi connectivity index (χ2n) is 11.1. The number of hydrogen-bond acceptors (Lipinski definition) is 4. The van der Waals surface area contributed by atoms with Crippen molar-refractivity contribution in [1.82, 2.24) is 14.7 Å². The summed E-state index contributed by atoms with van der Waals surface area (Å²) in [6.45, 7) is 3.23. The highest BCUT2D eigenvalue weighted by Crippen LogP contribution is 2.60. The van der Waals surface area contributed by atoms with Crippen LogP contribution in [0.2, 0.25) is 0 Å². The zero-order valence-corrected chi connectivity index (χ0v) is 19.9. The van der Waals surface area contributed by atoms with E-state index >= 15 is 0 Å². The molecule has 6 rings (SSSR count). The normalized spacial score (nSPS) is 30.8. The van der Waals surface area contributed by atoms with Crippen LogP contribution in [-0.2, 0) is 9.59 Å². The fraction of sp³-hybridized carbons (Fsp3) is 0.654. The summed E-state index contributed by atoms with van der Waals surface area (Å²) < 4.78 is 0. The Hall–Kier alpha value is -2.41. The predicted octanol–water partition coefficient (Wildman–Crippen LogP) is 2.69. The maximum atomic E-state index is 13.5. The lowest BCUT2D eigenvalue weighted by Crippen LogP contribution is -2.58. The molecule has 5 aliphatic rings. The molecule has 4 aliphatic carbocycles. The average molecular weight is 453 g/mol. The van der Waals surface area contributed by atoms with Gasteiger partial charge in [-0.15, -0.1) is 0 Å². The van der Waals surface area contributed by atoms with Crippen LogP contribution in [0.5, 0.6) is 0 Å². The molecular weight excluding hydrogens is 416 g/mol. The van der Waals surface area contributed by atoms with E-state index in [0.717, 1.165) is 63.2 Å². The number of carbonyl (C=O) groups excluding carboxylic acids is 3. The quantitative estimate of drug-likeness (QED) is 0.746. The molecule has 0 aromatic heterocycles. The third-order valence-corrected chi connectivity index (χ3v) is 8.34. The second-order valence-corrected chi connectivity index (χ2v) is 11.1. The Morgan fingerprint density at radius 2 is 1.45 bits per heavy atom. The summed E-state index contributed by atoms with van der Waals surface area (Å²) in [6.07, 6.45) is 7.39. The van der Waals surface area contributed by atoms with Gasteiger partial charge in [-0.05, 0) is 80.5 Å². The third-order valence-electron chi connectivity index (χ3n) is 8.34. The van der Waals surface area contributed by atoms with Gasteiger partial charge >= 0.3 is 0 Å². The highest BCUT2D eigenvalue weighted by molar-refractivity contribution is 5.96. The summed E-state index contributed by atoms with van der Waals surface area (Å²) in [7, 11) is 3.43. The van der Waals surface area contributed by atoms with Crippen molar-refractivity contribution in [2.24, 2.45) is 23.2 Å². The average Bonchev–Trinajstić information content (AvgIpc) is 2.78. The number of carbonyl (C=O) groups is 3. The molecule has 7 nitrogen and oxygen atoms in total. The van der Waals surface area contributed by atoms with Gasteiger partial charge in [0.25, 0.3) is 5.91 Å². The first kappa shape index (κ1) is 22.4. The maximum absolute atomic E-state index is 13.5. The Morgan fingerprint density at radius 3 is 1.97 bits per heavy atom. The van der Waals surface area contributed by atoms with Gasteiger partial charge in [-0.1, -0.05) is 0 Å². The van der Waals surface area contributed by atoms with Crippen LogP contribution >= 0.6 is 0 Å². The highest BCUT2D eigenvalue weighted by atomic mass is 16.2. The molecule has 4 saturated carbocycles. The van der Waals surface area contributed by atoms with Crippen LogP contribution in [-0.4, -0.2) is 79.2 Å². The number of amides is 3. The summed E-state index contributed by atoms with van der Waals surface area (Å²) in [5.74, 6) is 2.61. The lowest BCUT2D eigenvalue weighted by Gasteiger charge is -2.57. The number of nitrogens with zero attached hydrogens (tertiary/aromatic N) is 3. The van der Waals surface area contributed by atoms with Crippen molar-refractivity contribution < 1.29 is 14.4 Å². The van der Waals surface area contributed by atoms with Crippen molar-refractivity contribution in [2.45, 2.75) is 38.5 Å². The molecule has 0 unspecified atom stereocenters. The molecule has 0 spiro atoms. The fourth-order valence-electron chi connectivity index (χ4n) is 7.18. The SMILES string of the molecule is CN(C)C(=O)c1ccc(NC(=O)CN2CCN(C(=O)C34CC5CC(CC(C5)C3)C4)CC2)cc1. The van der Waals surface area contributed by atoms with Gasteiger partial charge < -0.3 is 15.1 Å². The van der Waals surface area contributed by atoms with E-state index in [2.05, 4.69) is 15.1 Å². The summed E-state index contributed by atoms with van der Waals surface area (Å²) in [6, 6.07) is 6.98. The Labute approximate surface area is 196 Å². The van der Waals surface area contributed by atoms with E-state index in [4.69, 9.17) is 0 Å². The molecule has 0 radical (unpaired) electrons. The van der Waals surface area contributed by atoms with Crippen LogP contribution in [0.25, 0.3) is 0 Å². The number of piperazine rings is 1. The van der Waals surface area contributed by atoms with Gasteiger partial charge in [0.2, 0.25) is 11.8 Å². The van der Waals surface area contributed by atoms with E-state index in [1.54, 1.807) is 38.4 Å². The standard InChI is InChI=1S/C26H36N4O3/c1-28(2)24(32)21-3-5-22(6-4-21)27-23(31)17-29-7-9-30(10-8-29)25(33)26-14-18-11-19(15-26)13-20(12-18)16-26/h3-6,18-20H,7-17H2,1-2H3,(H,27,31). The molecule has 1 saturated heterocycles.